The van der Waals surface area contributed by atoms with Crippen LogP contribution in [0.15, 0.2) is 53.4 Å². The predicted molar refractivity (Wildman–Crippen MR) is 88.6 cm³/mol. The van der Waals surface area contributed by atoms with Crippen LogP contribution in [0.25, 0.3) is 0 Å². The molecule has 2 N–H and O–H groups in total. The second kappa shape index (κ2) is 7.41. The molecule has 0 aliphatic carbocycles. The van der Waals surface area contributed by atoms with Gasteiger partial charge in [-0.15, -0.1) is 0 Å². The van der Waals surface area contributed by atoms with Gasteiger partial charge in [-0.3, -0.25) is 20.4 Å². The molecular weight excluding hydrogens is 349 g/mol. The van der Waals surface area contributed by atoms with Crippen LogP contribution >= 0.6 is 0 Å². The summed E-state index contributed by atoms with van der Waals surface area (Å²) in [5.41, 5.74) is 4.73. The topological polar surface area (TPSA) is 95.6 Å². The van der Waals surface area contributed by atoms with Gasteiger partial charge >= 0.3 is 0 Å². The smallest absolute Gasteiger partial charge is 0.267 e. The van der Waals surface area contributed by atoms with Crippen LogP contribution in [0.5, 0.6) is 0 Å². The van der Waals surface area contributed by atoms with Crippen LogP contribution in [0.2, 0.25) is 0 Å². The number of halogens is 1. The summed E-state index contributed by atoms with van der Waals surface area (Å²) in [7, 11) is -0.776. The zero-order chi connectivity index (χ0) is 18.6. The Labute approximate surface area is 144 Å². The van der Waals surface area contributed by atoms with Crippen molar-refractivity contribution in [1.29, 1.82) is 0 Å². The number of benzene rings is 2. The van der Waals surface area contributed by atoms with E-state index < -0.39 is 27.7 Å². The highest BCUT2D eigenvalue weighted by Gasteiger charge is 2.17. The molecule has 0 aliphatic rings. The fourth-order valence-corrected chi connectivity index (χ4v) is 2.75. The van der Waals surface area contributed by atoms with Crippen LogP contribution in [0.3, 0.4) is 0 Å². The van der Waals surface area contributed by atoms with E-state index in [1.54, 1.807) is 0 Å². The first kappa shape index (κ1) is 18.6. The maximum atomic E-state index is 12.8. The molecule has 0 aliphatic heterocycles. The van der Waals surface area contributed by atoms with Crippen LogP contribution < -0.4 is 10.9 Å². The van der Waals surface area contributed by atoms with Gasteiger partial charge < -0.3 is 0 Å². The number of carbonyl (C=O) groups excluding carboxylic acids is 2. The minimum atomic E-state index is -3.58. The highest BCUT2D eigenvalue weighted by atomic mass is 32.2. The van der Waals surface area contributed by atoms with Crippen molar-refractivity contribution < 1.29 is 22.4 Å². The van der Waals surface area contributed by atoms with Gasteiger partial charge in [-0.1, -0.05) is 0 Å². The number of nitrogens with zero attached hydrogens (tertiary/aromatic N) is 1. The zero-order valence-electron chi connectivity index (χ0n) is 13.5. The molecule has 0 spiro atoms. The van der Waals surface area contributed by atoms with Crippen LogP contribution in [0, 0.1) is 5.82 Å². The molecule has 2 rings (SSSR count). The van der Waals surface area contributed by atoms with E-state index in [0.717, 1.165) is 16.4 Å². The fraction of sp³-hybridized carbons (Fsp3) is 0.125. The van der Waals surface area contributed by atoms with Crippen LogP contribution in [0.4, 0.5) is 4.39 Å². The Bertz CT molecular complexity index is 879. The second-order valence-corrected chi connectivity index (χ2v) is 7.38. The van der Waals surface area contributed by atoms with Crippen molar-refractivity contribution in [2.45, 2.75) is 4.90 Å². The molecule has 0 saturated heterocycles. The molecule has 2 aromatic carbocycles. The van der Waals surface area contributed by atoms with Crippen LogP contribution in [0.1, 0.15) is 20.7 Å². The summed E-state index contributed by atoms with van der Waals surface area (Å²) in [5.74, 6) is -1.71. The Morgan fingerprint density at radius 3 is 1.64 bits per heavy atom. The Morgan fingerprint density at radius 1 is 0.840 bits per heavy atom. The quantitative estimate of drug-likeness (QED) is 0.795. The molecule has 0 radical (unpaired) electrons. The lowest BCUT2D eigenvalue weighted by molar-refractivity contribution is 0.0846. The van der Waals surface area contributed by atoms with Crippen LogP contribution in [-0.4, -0.2) is 38.6 Å². The molecule has 25 heavy (non-hydrogen) atoms. The SMILES string of the molecule is CN(C)S(=O)(=O)c1ccc(C(=O)NNC(=O)c2ccc(F)cc2)cc1. The highest BCUT2D eigenvalue weighted by Crippen LogP contribution is 2.13. The number of carbonyl (C=O) groups is 2. The lowest BCUT2D eigenvalue weighted by Gasteiger charge is -2.12. The third-order valence-corrected chi connectivity index (χ3v) is 5.12. The van der Waals surface area contributed by atoms with Gasteiger partial charge in [-0.05, 0) is 48.5 Å². The first-order chi connectivity index (χ1) is 11.7. The normalized spacial score (nSPS) is 11.2. The number of amides is 2. The van der Waals surface area contributed by atoms with E-state index in [4.69, 9.17) is 0 Å². The fourth-order valence-electron chi connectivity index (χ4n) is 1.85. The number of hydrogen-bond donors (Lipinski definition) is 2. The van der Waals surface area contributed by atoms with Gasteiger partial charge in [0.25, 0.3) is 11.8 Å². The van der Waals surface area contributed by atoms with Crippen molar-refractivity contribution in [1.82, 2.24) is 15.2 Å². The van der Waals surface area contributed by atoms with E-state index in [1.807, 2.05) is 0 Å². The molecule has 132 valence electrons. The summed E-state index contributed by atoms with van der Waals surface area (Å²) < 4.78 is 37.8. The molecule has 9 heteroatoms. The molecule has 0 bridgehead atoms. The molecular formula is C16H16FN3O4S. The van der Waals surface area contributed by atoms with Gasteiger partial charge in [-0.2, -0.15) is 0 Å². The maximum Gasteiger partial charge on any atom is 0.269 e. The molecule has 2 amide bonds. The minimum absolute atomic E-state index is 0.0457. The molecule has 7 nitrogen and oxygen atoms in total. The number of sulfonamides is 1. The Balaban J connectivity index is 2.01. The minimum Gasteiger partial charge on any atom is -0.267 e. The molecule has 0 saturated carbocycles. The van der Waals surface area contributed by atoms with Crippen molar-refractivity contribution in [3.63, 3.8) is 0 Å². The predicted octanol–water partition coefficient (Wildman–Crippen LogP) is 1.15. The number of rotatable bonds is 4. The number of hydrogen-bond acceptors (Lipinski definition) is 4. The van der Waals surface area contributed by atoms with Crippen molar-refractivity contribution in [2.75, 3.05) is 14.1 Å². The highest BCUT2D eigenvalue weighted by molar-refractivity contribution is 7.89. The molecule has 0 unspecified atom stereocenters. The number of nitrogens with one attached hydrogen (secondary N) is 2. The van der Waals surface area contributed by atoms with Gasteiger partial charge in [0.2, 0.25) is 10.0 Å². The van der Waals surface area contributed by atoms with Crippen LogP contribution in [-0.2, 0) is 10.0 Å². The van der Waals surface area contributed by atoms with Gasteiger partial charge in [0.05, 0.1) is 4.90 Å². The average molecular weight is 365 g/mol. The molecule has 0 atom stereocenters. The summed E-state index contributed by atoms with van der Waals surface area (Å²) in [4.78, 5) is 23.8. The summed E-state index contributed by atoms with van der Waals surface area (Å²) in [6.45, 7) is 0. The molecule has 2 aromatic rings. The Morgan fingerprint density at radius 2 is 1.24 bits per heavy atom. The largest absolute Gasteiger partial charge is 0.269 e. The molecule has 0 fully saturated rings. The van der Waals surface area contributed by atoms with Gasteiger partial charge in [0.15, 0.2) is 0 Å². The third-order valence-electron chi connectivity index (χ3n) is 3.29. The lowest BCUT2D eigenvalue weighted by atomic mass is 10.2. The van der Waals surface area contributed by atoms with Crippen molar-refractivity contribution in [3.05, 3.63) is 65.5 Å². The van der Waals surface area contributed by atoms with Gasteiger partial charge in [-0.25, -0.2) is 17.1 Å². The van der Waals surface area contributed by atoms with E-state index >= 15 is 0 Å². The van der Waals surface area contributed by atoms with Gasteiger partial charge in [0.1, 0.15) is 5.82 Å². The number of hydrazine groups is 1. The third kappa shape index (κ3) is 4.40. The Kier molecular flexibility index (Phi) is 5.50. The van der Waals surface area contributed by atoms with E-state index in [-0.39, 0.29) is 16.0 Å². The zero-order valence-corrected chi connectivity index (χ0v) is 14.3. The van der Waals surface area contributed by atoms with Gasteiger partial charge in [0, 0.05) is 25.2 Å². The monoisotopic (exact) mass is 365 g/mol. The second-order valence-electron chi connectivity index (χ2n) is 5.23. The van der Waals surface area contributed by atoms with E-state index in [0.29, 0.717) is 0 Å². The Hall–Kier alpha value is -2.78. The van der Waals surface area contributed by atoms with E-state index in [1.165, 1.54) is 50.5 Å². The first-order valence-electron chi connectivity index (χ1n) is 7.10. The summed E-state index contributed by atoms with van der Waals surface area (Å²) in [6, 6.07) is 10.1. The molecule has 0 aromatic heterocycles. The summed E-state index contributed by atoms with van der Waals surface area (Å²) in [5, 5.41) is 0. The van der Waals surface area contributed by atoms with E-state index in [2.05, 4.69) is 10.9 Å². The van der Waals surface area contributed by atoms with Crippen molar-refractivity contribution in [3.8, 4) is 0 Å². The maximum absolute atomic E-state index is 12.8. The standard InChI is InChI=1S/C16H16FN3O4S/c1-20(2)25(23,24)14-9-5-12(6-10-14)16(22)19-18-15(21)11-3-7-13(17)8-4-11/h3-10H,1-2H3,(H,18,21)(H,19,22). The van der Waals surface area contributed by atoms with Crippen molar-refractivity contribution >= 4 is 21.8 Å². The van der Waals surface area contributed by atoms with E-state index in [9.17, 15) is 22.4 Å². The summed E-state index contributed by atoms with van der Waals surface area (Å²) >= 11 is 0. The first-order valence-corrected chi connectivity index (χ1v) is 8.54. The summed E-state index contributed by atoms with van der Waals surface area (Å²) in [6.07, 6.45) is 0. The van der Waals surface area contributed by atoms with Crippen molar-refractivity contribution in [2.24, 2.45) is 0 Å². The lowest BCUT2D eigenvalue weighted by Crippen LogP contribution is -2.41. The average Bonchev–Trinajstić information content (AvgIpc) is 2.60. The molecule has 0 heterocycles.